The van der Waals surface area contributed by atoms with Gasteiger partial charge in [0.05, 0.1) is 5.02 Å². The summed E-state index contributed by atoms with van der Waals surface area (Å²) in [6, 6.07) is 9.39. The first-order chi connectivity index (χ1) is 9.47. The molecule has 0 radical (unpaired) electrons. The van der Waals surface area contributed by atoms with Crippen molar-refractivity contribution in [1.29, 1.82) is 0 Å². The first-order valence-corrected chi connectivity index (χ1v) is 15.2. The van der Waals surface area contributed by atoms with Gasteiger partial charge in [0.25, 0.3) is 0 Å². The van der Waals surface area contributed by atoms with Crippen LogP contribution >= 0.6 is 74.8 Å². The Kier molecular flexibility index (Phi) is 9.38. The topological polar surface area (TPSA) is 29.5 Å². The summed E-state index contributed by atoms with van der Waals surface area (Å²) in [5.41, 5.74) is 0. The van der Waals surface area contributed by atoms with Crippen LogP contribution in [0.25, 0.3) is 0 Å². The SMILES string of the molecule is Oc1cc(Cl)ccc1Oc1ccc(Cl)cc1Cl.[I][V][I]. The summed E-state index contributed by atoms with van der Waals surface area (Å²) in [6.45, 7) is 0. The van der Waals surface area contributed by atoms with E-state index in [9.17, 15) is 5.11 Å². The van der Waals surface area contributed by atoms with Gasteiger partial charge in [-0.2, -0.15) is 0 Å². The molecule has 1 N–H and O–H groups in total. The normalized spacial score (nSPS) is 9.45. The average molecular weight is 594 g/mol. The maximum atomic E-state index is 9.62. The predicted molar refractivity (Wildman–Crippen MR) is 97.7 cm³/mol. The molecule has 0 atom stereocenters. The molecule has 0 aliphatic carbocycles. The van der Waals surface area contributed by atoms with E-state index in [0.717, 1.165) is 0 Å². The number of aromatic hydroxyl groups is 1. The molecule has 0 heterocycles. The second-order valence-corrected chi connectivity index (χ2v) is 16.4. The van der Waals surface area contributed by atoms with Crippen molar-refractivity contribution in [2.75, 3.05) is 0 Å². The van der Waals surface area contributed by atoms with Crippen molar-refractivity contribution in [2.45, 2.75) is 0 Å². The number of rotatable bonds is 2. The first kappa shape index (κ1) is 19.0. The molecule has 2 aromatic rings. The molecule has 8 heteroatoms. The van der Waals surface area contributed by atoms with Crippen molar-refractivity contribution < 1.29 is 19.3 Å². The van der Waals surface area contributed by atoms with Crippen LogP contribution in [0.3, 0.4) is 0 Å². The zero-order valence-corrected chi connectivity index (χ0v) is 17.6. The van der Waals surface area contributed by atoms with Crippen LogP contribution in [0.2, 0.25) is 15.1 Å². The van der Waals surface area contributed by atoms with Crippen molar-refractivity contribution in [1.82, 2.24) is 0 Å². The van der Waals surface area contributed by atoms with Gasteiger partial charge in [-0.05, 0) is 30.3 Å². The van der Waals surface area contributed by atoms with Gasteiger partial charge >= 0.3 is 49.4 Å². The number of hydrogen-bond acceptors (Lipinski definition) is 2. The zero-order chi connectivity index (χ0) is 15.1. The fourth-order valence-electron chi connectivity index (χ4n) is 1.25. The zero-order valence-electron chi connectivity index (χ0n) is 9.66. The Hall–Kier alpha value is 0.954. The Morgan fingerprint density at radius 3 is 1.90 bits per heavy atom. The number of halogens is 5. The molecule has 2 aromatic carbocycles. The van der Waals surface area contributed by atoms with Gasteiger partial charge in [-0.25, -0.2) is 0 Å². The molecule has 0 bridgehead atoms. The quantitative estimate of drug-likeness (QED) is 0.383. The van der Waals surface area contributed by atoms with Gasteiger partial charge in [0.2, 0.25) is 0 Å². The molecular weight excluding hydrogens is 587 g/mol. The van der Waals surface area contributed by atoms with Crippen LogP contribution in [0.5, 0.6) is 17.2 Å². The number of ether oxygens (including phenoxy) is 1. The molecule has 0 fully saturated rings. The minimum atomic E-state index is -0.0523. The number of benzene rings is 2. The van der Waals surface area contributed by atoms with Crippen LogP contribution in [0, 0.1) is 0 Å². The Bertz CT molecular complexity index is 535. The molecule has 2 rings (SSSR count). The van der Waals surface area contributed by atoms with E-state index in [-0.39, 0.29) is 11.5 Å². The Labute approximate surface area is 161 Å². The monoisotopic (exact) mass is 593 g/mol. The van der Waals surface area contributed by atoms with E-state index < -0.39 is 0 Å². The van der Waals surface area contributed by atoms with Crippen molar-refractivity contribution in [3.05, 3.63) is 51.5 Å². The summed E-state index contributed by atoms with van der Waals surface area (Å²) < 4.78 is 5.45. The summed E-state index contributed by atoms with van der Waals surface area (Å²) in [7, 11) is 0.628. The summed E-state index contributed by atoms with van der Waals surface area (Å²) in [6.07, 6.45) is 0. The van der Waals surface area contributed by atoms with E-state index in [1.165, 1.54) is 6.07 Å². The van der Waals surface area contributed by atoms with Crippen molar-refractivity contribution in [2.24, 2.45) is 0 Å². The van der Waals surface area contributed by atoms with Crippen LogP contribution < -0.4 is 4.74 Å². The average Bonchev–Trinajstić information content (AvgIpc) is 2.36. The standard InChI is InChI=1S/C12H7Cl3O2.2HI.V/c13-7-1-3-11(9(15)5-7)17-12-4-2-8(14)6-10(12)16;;;/h1-6,16H;2*1H;/q;;;+2/p-2. The van der Waals surface area contributed by atoms with Crippen LogP contribution in [0.4, 0.5) is 0 Å². The fourth-order valence-corrected chi connectivity index (χ4v) is 1.87. The second kappa shape index (κ2) is 9.87. The van der Waals surface area contributed by atoms with E-state index >= 15 is 0 Å². The second-order valence-electron chi connectivity index (χ2n) is 3.35. The number of phenols is 1. The van der Waals surface area contributed by atoms with Crippen LogP contribution in [0.1, 0.15) is 0 Å². The third-order valence-electron chi connectivity index (χ3n) is 2.03. The third kappa shape index (κ3) is 6.38. The molecule has 107 valence electrons. The first-order valence-electron chi connectivity index (χ1n) is 5.01. The van der Waals surface area contributed by atoms with Crippen molar-refractivity contribution in [3.63, 3.8) is 0 Å². The molecule has 2 nitrogen and oxygen atoms in total. The minimum absolute atomic E-state index is 0.0523. The van der Waals surface area contributed by atoms with Gasteiger partial charge in [-0.15, -0.1) is 0 Å². The van der Waals surface area contributed by atoms with Gasteiger partial charge < -0.3 is 9.84 Å². The van der Waals surface area contributed by atoms with E-state index in [1.54, 1.807) is 30.3 Å². The molecular formula is C12H7Cl3I2O2V. The molecule has 0 saturated carbocycles. The summed E-state index contributed by atoms with van der Waals surface area (Å²) in [5.74, 6) is 0.635. The van der Waals surface area contributed by atoms with Gasteiger partial charge in [-0.3, -0.25) is 0 Å². The molecule has 0 aliphatic heterocycles. The summed E-state index contributed by atoms with van der Waals surface area (Å²) >= 11 is 22.2. The van der Waals surface area contributed by atoms with E-state index in [4.69, 9.17) is 39.5 Å². The van der Waals surface area contributed by atoms with Crippen LogP contribution in [-0.2, 0) is 9.47 Å². The molecule has 0 aliphatic rings. The van der Waals surface area contributed by atoms with E-state index in [2.05, 4.69) is 40.0 Å². The molecule has 0 spiro atoms. The number of hydrogen-bond donors (Lipinski definition) is 1. The molecule has 0 amide bonds. The van der Waals surface area contributed by atoms with Crippen molar-refractivity contribution >= 4 is 74.8 Å². The van der Waals surface area contributed by atoms with Crippen LogP contribution in [0.15, 0.2) is 36.4 Å². The van der Waals surface area contributed by atoms with Gasteiger partial charge in [0, 0.05) is 16.1 Å². The van der Waals surface area contributed by atoms with Crippen LogP contribution in [-0.4, -0.2) is 5.11 Å². The molecule has 0 aromatic heterocycles. The Morgan fingerprint density at radius 2 is 1.40 bits per heavy atom. The van der Waals surface area contributed by atoms with Gasteiger partial charge in [0.1, 0.15) is 5.75 Å². The summed E-state index contributed by atoms with van der Waals surface area (Å²) in [4.78, 5) is 0. The van der Waals surface area contributed by atoms with Gasteiger partial charge in [0.15, 0.2) is 11.5 Å². The van der Waals surface area contributed by atoms with Crippen molar-refractivity contribution in [3.8, 4) is 17.2 Å². The van der Waals surface area contributed by atoms with Gasteiger partial charge in [-0.1, -0.05) is 34.8 Å². The molecule has 0 unspecified atom stereocenters. The third-order valence-corrected chi connectivity index (χ3v) is 2.80. The predicted octanol–water partition coefficient (Wildman–Crippen LogP) is 6.91. The Balaban J connectivity index is 0.000000612. The maximum absolute atomic E-state index is 9.62. The van der Waals surface area contributed by atoms with E-state index in [1.807, 2.05) is 0 Å². The summed E-state index contributed by atoms with van der Waals surface area (Å²) in [5, 5.41) is 10.9. The number of phenolic OH excluding ortho intramolecular Hbond substituents is 1. The molecule has 20 heavy (non-hydrogen) atoms. The molecule has 0 saturated heterocycles. The Morgan fingerprint density at radius 1 is 0.900 bits per heavy atom. The fraction of sp³-hybridized carbons (Fsp3) is 0. The van der Waals surface area contributed by atoms with E-state index in [0.29, 0.717) is 30.3 Å².